The number of fused-ring (bicyclic) bond motifs is 1. The van der Waals surface area contributed by atoms with Crippen molar-refractivity contribution in [2.24, 2.45) is 10.9 Å². The van der Waals surface area contributed by atoms with Crippen molar-refractivity contribution >= 4 is 34.7 Å². The monoisotopic (exact) mass is 503 g/mol. The van der Waals surface area contributed by atoms with Crippen molar-refractivity contribution in [2.75, 3.05) is 6.61 Å². The lowest BCUT2D eigenvalue weighted by Crippen LogP contribution is -2.38. The van der Waals surface area contributed by atoms with E-state index in [-0.39, 0.29) is 23.7 Å². The van der Waals surface area contributed by atoms with Crippen LogP contribution in [0.3, 0.4) is 0 Å². The summed E-state index contributed by atoms with van der Waals surface area (Å²) in [6.45, 7) is 1.85. The number of amidine groups is 1. The predicted octanol–water partition coefficient (Wildman–Crippen LogP) is 4.51. The average molecular weight is 504 g/mol. The first-order valence-corrected chi connectivity index (χ1v) is 12.0. The van der Waals surface area contributed by atoms with Crippen molar-refractivity contribution in [1.82, 2.24) is 20.5 Å². The summed E-state index contributed by atoms with van der Waals surface area (Å²) >= 11 is 7.60. The third kappa shape index (κ3) is 4.01. The second kappa shape index (κ2) is 9.27. The summed E-state index contributed by atoms with van der Waals surface area (Å²) in [7, 11) is 0. The molecule has 34 heavy (non-hydrogen) atoms. The molecular weight excluding hydrogens is 484 g/mol. The SMILES string of the molecule is CCOC(=O)C1=C(C2CCc3[nH]ncc3C2)NC(c2nccs2)=NC1c1ccc(F)c(F)c1Cl. The summed E-state index contributed by atoms with van der Waals surface area (Å²) in [5.74, 6) is -2.50. The molecule has 2 N–H and O–H groups in total. The standard InChI is InChI=1S/C23H20ClF2N5O2S/c1-2-33-23(32)16-19(11-3-6-15-12(9-11)10-28-31-15)29-21(22-27-7-8-34-22)30-20(16)13-4-5-14(25)18(26)17(13)24/h4-5,7-8,10-11,20H,2-3,6,9H2,1H3,(H,28,31)(H,29,30). The Morgan fingerprint density at radius 2 is 2.21 bits per heavy atom. The van der Waals surface area contributed by atoms with Gasteiger partial charge in [-0.25, -0.2) is 18.6 Å². The van der Waals surface area contributed by atoms with Crippen LogP contribution >= 0.6 is 22.9 Å². The topological polar surface area (TPSA) is 92.3 Å². The summed E-state index contributed by atoms with van der Waals surface area (Å²) < 4.78 is 33.7. The Balaban J connectivity index is 1.68. The molecular formula is C23H20ClF2N5O2S. The summed E-state index contributed by atoms with van der Waals surface area (Å²) in [6, 6.07) is 1.34. The minimum atomic E-state index is -1.19. The fourth-order valence-electron chi connectivity index (χ4n) is 4.41. The lowest BCUT2D eigenvalue weighted by Gasteiger charge is -2.33. The van der Waals surface area contributed by atoms with E-state index < -0.39 is 28.7 Å². The van der Waals surface area contributed by atoms with Gasteiger partial charge in [-0.2, -0.15) is 5.10 Å². The number of halogens is 3. The van der Waals surface area contributed by atoms with Gasteiger partial charge < -0.3 is 10.1 Å². The zero-order valence-corrected chi connectivity index (χ0v) is 19.6. The zero-order valence-electron chi connectivity index (χ0n) is 18.1. The number of ether oxygens (including phenoxy) is 1. The molecule has 3 heterocycles. The van der Waals surface area contributed by atoms with E-state index in [1.54, 1.807) is 19.3 Å². The second-order valence-electron chi connectivity index (χ2n) is 7.97. The fraction of sp³-hybridized carbons (Fsp3) is 0.304. The molecule has 0 saturated carbocycles. The van der Waals surface area contributed by atoms with Crippen molar-refractivity contribution in [3.05, 3.63) is 79.7 Å². The zero-order chi connectivity index (χ0) is 23.8. The number of carbonyl (C=O) groups is 1. The third-order valence-corrected chi connectivity index (χ3v) is 7.15. The van der Waals surface area contributed by atoms with Gasteiger partial charge in [-0.3, -0.25) is 10.1 Å². The lowest BCUT2D eigenvalue weighted by molar-refractivity contribution is -0.139. The van der Waals surface area contributed by atoms with Gasteiger partial charge in [-0.05, 0) is 37.8 Å². The number of H-pyrrole nitrogens is 1. The molecule has 5 rings (SSSR count). The molecule has 2 atom stereocenters. The molecule has 7 nitrogen and oxygen atoms in total. The van der Waals surface area contributed by atoms with E-state index >= 15 is 0 Å². The van der Waals surface area contributed by atoms with Gasteiger partial charge in [-0.1, -0.05) is 17.7 Å². The summed E-state index contributed by atoms with van der Waals surface area (Å²) in [5.41, 5.74) is 3.16. The maximum Gasteiger partial charge on any atom is 0.338 e. The Labute approximate surface area is 202 Å². The number of thiazole rings is 1. The van der Waals surface area contributed by atoms with E-state index in [0.717, 1.165) is 30.2 Å². The highest BCUT2D eigenvalue weighted by atomic mass is 35.5. The van der Waals surface area contributed by atoms with E-state index in [1.807, 2.05) is 5.38 Å². The molecule has 3 aromatic rings. The van der Waals surface area contributed by atoms with E-state index in [9.17, 15) is 13.6 Å². The summed E-state index contributed by atoms with van der Waals surface area (Å²) in [4.78, 5) is 22.3. The molecule has 1 aromatic carbocycles. The van der Waals surface area contributed by atoms with Crippen molar-refractivity contribution in [3.8, 4) is 0 Å². The Kier molecular flexibility index (Phi) is 6.18. The van der Waals surface area contributed by atoms with Crippen LogP contribution in [-0.2, 0) is 22.4 Å². The number of aryl methyl sites for hydroxylation is 1. The molecule has 176 valence electrons. The first kappa shape index (κ1) is 22.7. The van der Waals surface area contributed by atoms with Crippen LogP contribution in [0.4, 0.5) is 8.78 Å². The average Bonchev–Trinajstić information content (AvgIpc) is 3.54. The number of aromatic nitrogens is 3. The van der Waals surface area contributed by atoms with Crippen molar-refractivity contribution < 1.29 is 18.3 Å². The number of carbonyl (C=O) groups excluding carboxylic acids is 1. The maximum atomic E-state index is 14.5. The molecule has 11 heteroatoms. The summed E-state index contributed by atoms with van der Waals surface area (Å²) in [6.07, 6.45) is 5.56. The van der Waals surface area contributed by atoms with Crippen LogP contribution in [-0.4, -0.2) is 33.6 Å². The molecule has 2 aromatic heterocycles. The molecule has 0 radical (unpaired) electrons. The van der Waals surface area contributed by atoms with Gasteiger partial charge in [0, 0.05) is 34.4 Å². The van der Waals surface area contributed by atoms with Gasteiger partial charge in [-0.15, -0.1) is 11.3 Å². The van der Waals surface area contributed by atoms with Gasteiger partial charge in [0.25, 0.3) is 0 Å². The molecule has 1 aliphatic carbocycles. The largest absolute Gasteiger partial charge is 0.463 e. The van der Waals surface area contributed by atoms with Gasteiger partial charge in [0.15, 0.2) is 22.5 Å². The van der Waals surface area contributed by atoms with E-state index in [2.05, 4.69) is 20.5 Å². The Morgan fingerprint density at radius 3 is 2.97 bits per heavy atom. The van der Waals surface area contributed by atoms with Gasteiger partial charge >= 0.3 is 5.97 Å². The van der Waals surface area contributed by atoms with E-state index in [1.165, 1.54) is 17.4 Å². The number of hydrogen-bond acceptors (Lipinski definition) is 7. The number of nitrogens with zero attached hydrogens (tertiary/aromatic N) is 3. The van der Waals surface area contributed by atoms with Crippen LogP contribution in [0.2, 0.25) is 5.02 Å². The molecule has 0 bridgehead atoms. The van der Waals surface area contributed by atoms with Gasteiger partial charge in [0.2, 0.25) is 0 Å². The van der Waals surface area contributed by atoms with E-state index in [4.69, 9.17) is 21.3 Å². The molecule has 2 unspecified atom stereocenters. The molecule has 2 aliphatic rings. The minimum absolute atomic E-state index is 0.0819. The lowest BCUT2D eigenvalue weighted by atomic mass is 9.81. The van der Waals surface area contributed by atoms with Crippen LogP contribution in [0, 0.1) is 17.6 Å². The number of allylic oxidation sites excluding steroid dienone is 1. The molecule has 0 fully saturated rings. The number of aliphatic imine (C=N–C) groups is 1. The maximum absolute atomic E-state index is 14.5. The van der Waals surface area contributed by atoms with Crippen molar-refractivity contribution in [1.29, 1.82) is 0 Å². The highest BCUT2D eigenvalue weighted by Crippen LogP contribution is 2.41. The van der Waals surface area contributed by atoms with Gasteiger partial charge in [0.05, 0.1) is 23.4 Å². The Bertz CT molecular complexity index is 1300. The third-order valence-electron chi connectivity index (χ3n) is 5.99. The Hall–Kier alpha value is -3.11. The highest BCUT2D eigenvalue weighted by Gasteiger charge is 2.38. The quantitative estimate of drug-likeness (QED) is 0.395. The second-order valence-corrected chi connectivity index (χ2v) is 9.24. The van der Waals surface area contributed by atoms with Crippen molar-refractivity contribution in [2.45, 2.75) is 32.2 Å². The summed E-state index contributed by atoms with van der Waals surface area (Å²) in [5, 5.41) is 12.5. The van der Waals surface area contributed by atoms with Crippen LogP contribution in [0.25, 0.3) is 0 Å². The number of nitrogens with one attached hydrogen (secondary N) is 2. The number of benzene rings is 1. The van der Waals surface area contributed by atoms with Gasteiger partial charge in [0.1, 0.15) is 6.04 Å². The van der Waals surface area contributed by atoms with E-state index in [0.29, 0.717) is 23.0 Å². The van der Waals surface area contributed by atoms with Crippen LogP contribution in [0.1, 0.15) is 41.2 Å². The van der Waals surface area contributed by atoms with Crippen LogP contribution in [0.5, 0.6) is 0 Å². The first-order chi connectivity index (χ1) is 16.5. The predicted molar refractivity (Wildman–Crippen MR) is 124 cm³/mol. The molecule has 1 aliphatic heterocycles. The molecule has 0 saturated heterocycles. The Morgan fingerprint density at radius 1 is 1.35 bits per heavy atom. The number of rotatable bonds is 5. The van der Waals surface area contributed by atoms with Crippen molar-refractivity contribution in [3.63, 3.8) is 0 Å². The van der Waals surface area contributed by atoms with Crippen LogP contribution in [0.15, 0.2) is 46.2 Å². The molecule has 0 spiro atoms. The smallest absolute Gasteiger partial charge is 0.338 e. The number of aromatic amines is 1. The minimum Gasteiger partial charge on any atom is -0.463 e. The number of esters is 1. The number of hydrogen-bond donors (Lipinski definition) is 2. The first-order valence-electron chi connectivity index (χ1n) is 10.8. The normalized spacial score (nSPS) is 19.9. The molecule has 0 amide bonds. The highest BCUT2D eigenvalue weighted by molar-refractivity contribution is 7.11. The van der Waals surface area contributed by atoms with Crippen LogP contribution < -0.4 is 5.32 Å². The fourth-order valence-corrected chi connectivity index (χ4v) is 5.25.